The second kappa shape index (κ2) is 3.47. The molecule has 15 heavy (non-hydrogen) atoms. The fraction of sp³-hybridized carbons (Fsp3) is 0.444. The summed E-state index contributed by atoms with van der Waals surface area (Å²) in [5, 5.41) is 10.3. The first kappa shape index (κ1) is 9.85. The second-order valence-electron chi connectivity index (χ2n) is 3.70. The first-order valence-electron chi connectivity index (χ1n) is 4.79. The molecule has 0 spiro atoms. The maximum absolute atomic E-state index is 11.3. The topological polar surface area (TPSA) is 89.1 Å². The predicted molar refractivity (Wildman–Crippen MR) is 55.7 cm³/mol. The third-order valence-corrected chi connectivity index (χ3v) is 2.55. The number of nitrogens with one attached hydrogen (secondary N) is 1. The fourth-order valence-electron chi connectivity index (χ4n) is 1.33. The molecule has 0 radical (unpaired) electrons. The van der Waals surface area contributed by atoms with Crippen molar-refractivity contribution in [2.75, 3.05) is 0 Å². The number of H-pyrrole nitrogens is 1. The zero-order valence-corrected chi connectivity index (χ0v) is 8.64. The molecule has 0 aliphatic rings. The molecule has 0 saturated carbocycles. The minimum atomic E-state index is -0.330. The number of hydrogen-bond acceptors (Lipinski definition) is 4. The van der Waals surface area contributed by atoms with Crippen molar-refractivity contribution in [3.8, 4) is 0 Å². The summed E-state index contributed by atoms with van der Waals surface area (Å²) in [5.41, 5.74) is 6.75. The van der Waals surface area contributed by atoms with Gasteiger partial charge in [0.15, 0.2) is 5.65 Å². The van der Waals surface area contributed by atoms with Crippen LogP contribution in [0.1, 0.15) is 25.5 Å². The van der Waals surface area contributed by atoms with Crippen LogP contribution in [0.3, 0.4) is 0 Å². The van der Waals surface area contributed by atoms with E-state index >= 15 is 0 Å². The summed E-state index contributed by atoms with van der Waals surface area (Å²) < 4.78 is 1.24. The van der Waals surface area contributed by atoms with Gasteiger partial charge >= 0.3 is 5.69 Å². The van der Waals surface area contributed by atoms with E-state index in [2.05, 4.69) is 15.3 Å². The van der Waals surface area contributed by atoms with Gasteiger partial charge in [-0.1, -0.05) is 6.92 Å². The van der Waals surface area contributed by atoms with Crippen LogP contribution in [0.2, 0.25) is 0 Å². The van der Waals surface area contributed by atoms with Crippen LogP contribution in [0, 0.1) is 0 Å². The molecule has 0 bridgehead atoms. The molecule has 6 heteroatoms. The largest absolute Gasteiger partial charge is 0.364 e. The molecule has 0 aliphatic carbocycles. The van der Waals surface area contributed by atoms with Gasteiger partial charge < -0.3 is 5.73 Å². The maximum atomic E-state index is 11.3. The van der Waals surface area contributed by atoms with E-state index in [0.717, 1.165) is 5.69 Å². The Bertz CT molecular complexity index is 527. The van der Waals surface area contributed by atoms with Crippen LogP contribution >= 0.6 is 0 Å². The van der Waals surface area contributed by atoms with Crippen molar-refractivity contribution in [2.45, 2.75) is 25.8 Å². The van der Waals surface area contributed by atoms with E-state index in [4.69, 9.17) is 5.73 Å². The van der Waals surface area contributed by atoms with E-state index in [-0.39, 0.29) is 17.6 Å². The summed E-state index contributed by atoms with van der Waals surface area (Å²) in [6.07, 6.45) is 0. The summed E-state index contributed by atoms with van der Waals surface area (Å²) in [4.78, 5) is 11.3. The molecule has 2 atom stereocenters. The number of fused-ring (bicyclic) bond motifs is 1. The number of nitrogens with zero attached hydrogens (tertiary/aromatic N) is 3. The highest BCUT2D eigenvalue weighted by molar-refractivity contribution is 5.35. The van der Waals surface area contributed by atoms with Crippen molar-refractivity contribution in [3.63, 3.8) is 0 Å². The summed E-state index contributed by atoms with van der Waals surface area (Å²) in [6, 6.07) is 3.58. The number of nitrogens with two attached hydrogens (primary N) is 1. The van der Waals surface area contributed by atoms with Crippen LogP contribution in [0.15, 0.2) is 16.9 Å². The highest BCUT2D eigenvalue weighted by atomic mass is 16.2. The molecule has 2 unspecified atom stereocenters. The van der Waals surface area contributed by atoms with Crippen LogP contribution in [-0.4, -0.2) is 25.9 Å². The van der Waals surface area contributed by atoms with Crippen LogP contribution in [0.5, 0.6) is 0 Å². The van der Waals surface area contributed by atoms with Gasteiger partial charge in [0.25, 0.3) is 0 Å². The molecule has 2 aromatic heterocycles. The number of aromatic nitrogens is 4. The third-order valence-electron chi connectivity index (χ3n) is 2.55. The van der Waals surface area contributed by atoms with Crippen LogP contribution in [-0.2, 0) is 0 Å². The lowest BCUT2D eigenvalue weighted by atomic mass is 10.0. The van der Waals surface area contributed by atoms with E-state index in [0.29, 0.717) is 5.65 Å². The van der Waals surface area contributed by atoms with Crippen molar-refractivity contribution < 1.29 is 0 Å². The van der Waals surface area contributed by atoms with Gasteiger partial charge in [0.2, 0.25) is 0 Å². The molecule has 80 valence electrons. The Morgan fingerprint density at radius 2 is 2.20 bits per heavy atom. The molecule has 6 nitrogen and oxygen atoms in total. The van der Waals surface area contributed by atoms with Crippen molar-refractivity contribution in [1.82, 2.24) is 19.8 Å². The number of rotatable bonds is 2. The van der Waals surface area contributed by atoms with Gasteiger partial charge in [-0.05, 0) is 19.1 Å². The van der Waals surface area contributed by atoms with Gasteiger partial charge in [-0.25, -0.2) is 9.89 Å². The second-order valence-corrected chi connectivity index (χ2v) is 3.70. The Hall–Kier alpha value is -1.69. The molecule has 0 saturated heterocycles. The van der Waals surface area contributed by atoms with Gasteiger partial charge in [-0.2, -0.15) is 14.7 Å². The minimum absolute atomic E-state index is 0.00227. The first-order chi connectivity index (χ1) is 7.09. The average Bonchev–Trinajstić information content (AvgIpc) is 2.59. The Kier molecular flexibility index (Phi) is 2.28. The minimum Gasteiger partial charge on any atom is -0.327 e. The van der Waals surface area contributed by atoms with Crippen molar-refractivity contribution >= 4 is 5.65 Å². The lowest BCUT2D eigenvalue weighted by Crippen LogP contribution is -2.24. The monoisotopic (exact) mass is 207 g/mol. The highest BCUT2D eigenvalue weighted by Gasteiger charge is 2.13. The Labute approximate surface area is 86.1 Å². The molecular formula is C9H13N5O. The zero-order valence-electron chi connectivity index (χ0n) is 8.64. The molecule has 0 aromatic carbocycles. The maximum Gasteiger partial charge on any atom is 0.364 e. The van der Waals surface area contributed by atoms with Gasteiger partial charge in [0.1, 0.15) is 0 Å². The van der Waals surface area contributed by atoms with Crippen molar-refractivity contribution in [2.24, 2.45) is 5.73 Å². The lowest BCUT2D eigenvalue weighted by Gasteiger charge is -2.13. The number of aromatic amines is 1. The smallest absolute Gasteiger partial charge is 0.327 e. The Balaban J connectivity index is 2.55. The molecule has 3 N–H and O–H groups in total. The molecule has 0 fully saturated rings. The molecular weight excluding hydrogens is 194 g/mol. The Morgan fingerprint density at radius 1 is 1.47 bits per heavy atom. The number of hydrogen-bond donors (Lipinski definition) is 2. The average molecular weight is 207 g/mol. The summed E-state index contributed by atoms with van der Waals surface area (Å²) in [5.74, 6) is 0.108. The highest BCUT2D eigenvalue weighted by Crippen LogP contribution is 2.14. The SMILES string of the molecule is CC(N)C(C)c1ccc2n[nH]c(=O)n2n1. The van der Waals surface area contributed by atoms with Gasteiger partial charge in [-0.15, -0.1) is 0 Å². The van der Waals surface area contributed by atoms with E-state index in [1.807, 2.05) is 19.9 Å². The molecule has 2 heterocycles. The molecule has 2 rings (SSSR count). The summed E-state index contributed by atoms with van der Waals surface area (Å²) in [7, 11) is 0. The van der Waals surface area contributed by atoms with Gasteiger partial charge in [-0.3, -0.25) is 0 Å². The molecule has 2 aromatic rings. The Morgan fingerprint density at radius 3 is 2.87 bits per heavy atom. The van der Waals surface area contributed by atoms with E-state index < -0.39 is 0 Å². The van der Waals surface area contributed by atoms with E-state index in [9.17, 15) is 4.79 Å². The van der Waals surface area contributed by atoms with Crippen LogP contribution < -0.4 is 11.4 Å². The van der Waals surface area contributed by atoms with E-state index in [1.54, 1.807) is 6.07 Å². The van der Waals surface area contributed by atoms with Gasteiger partial charge in [0.05, 0.1) is 5.69 Å². The van der Waals surface area contributed by atoms with E-state index in [1.165, 1.54) is 4.52 Å². The van der Waals surface area contributed by atoms with Gasteiger partial charge in [0, 0.05) is 12.0 Å². The van der Waals surface area contributed by atoms with Crippen LogP contribution in [0.25, 0.3) is 5.65 Å². The summed E-state index contributed by atoms with van der Waals surface area (Å²) in [6.45, 7) is 3.89. The lowest BCUT2D eigenvalue weighted by molar-refractivity contribution is 0.585. The fourth-order valence-corrected chi connectivity index (χ4v) is 1.33. The van der Waals surface area contributed by atoms with Crippen molar-refractivity contribution in [3.05, 3.63) is 28.3 Å². The summed E-state index contributed by atoms with van der Waals surface area (Å²) >= 11 is 0. The first-order valence-corrected chi connectivity index (χ1v) is 4.79. The normalized spacial score (nSPS) is 15.4. The predicted octanol–water partition coefficient (Wildman–Crippen LogP) is -0.132. The molecule has 0 amide bonds. The quantitative estimate of drug-likeness (QED) is 0.717. The zero-order chi connectivity index (χ0) is 11.0. The van der Waals surface area contributed by atoms with Crippen molar-refractivity contribution in [1.29, 1.82) is 0 Å². The third kappa shape index (κ3) is 1.63. The molecule has 0 aliphatic heterocycles. The standard InChI is InChI=1S/C9H13N5O/c1-5(6(2)10)7-3-4-8-11-12-9(15)14(8)13-7/h3-6H,10H2,1-2H3,(H,12,15). The van der Waals surface area contributed by atoms with Crippen LogP contribution in [0.4, 0.5) is 0 Å².